The van der Waals surface area contributed by atoms with Crippen LogP contribution in [0.1, 0.15) is 45.2 Å². The monoisotopic (exact) mass is 462 g/mol. The molecule has 1 amide bonds. The standard InChI is InChI=1S/C22H28N2O4.C6H6/c1-15(24-12-10-19(28-21(24)26)14-22(2,3)27)16-5-7-17(8-6-16)18-9-11-23(4)20(25)13-18;1-2-4-6-5-3-1/h5-9,11,13,15,19,27H,10,12,14H2,1-4H3;1-6H. The summed E-state index contributed by atoms with van der Waals surface area (Å²) >= 11 is 0. The van der Waals surface area contributed by atoms with Crippen molar-refractivity contribution in [1.82, 2.24) is 9.47 Å². The Morgan fingerprint density at radius 3 is 2.09 bits per heavy atom. The van der Waals surface area contributed by atoms with Crippen LogP contribution in [0, 0.1) is 0 Å². The molecule has 6 nitrogen and oxygen atoms in total. The molecule has 1 aliphatic rings. The fourth-order valence-electron chi connectivity index (χ4n) is 3.94. The predicted octanol–water partition coefficient (Wildman–Crippen LogP) is 5.17. The molecular weight excluding hydrogens is 428 g/mol. The Morgan fingerprint density at radius 1 is 1.00 bits per heavy atom. The van der Waals surface area contributed by atoms with Gasteiger partial charge in [0, 0.05) is 38.7 Å². The first-order valence-electron chi connectivity index (χ1n) is 11.6. The van der Waals surface area contributed by atoms with Gasteiger partial charge in [-0.2, -0.15) is 0 Å². The Morgan fingerprint density at radius 2 is 1.59 bits per heavy atom. The minimum atomic E-state index is -0.854. The van der Waals surface area contributed by atoms with Crippen molar-refractivity contribution in [2.24, 2.45) is 7.05 Å². The van der Waals surface area contributed by atoms with Gasteiger partial charge in [0.25, 0.3) is 5.56 Å². The third-order valence-corrected chi connectivity index (χ3v) is 5.89. The maximum absolute atomic E-state index is 12.4. The Labute approximate surface area is 201 Å². The molecule has 1 saturated heterocycles. The van der Waals surface area contributed by atoms with Gasteiger partial charge in [0.05, 0.1) is 11.6 Å². The highest BCUT2D eigenvalue weighted by Gasteiger charge is 2.33. The molecule has 2 heterocycles. The van der Waals surface area contributed by atoms with Crippen LogP contribution >= 0.6 is 0 Å². The van der Waals surface area contributed by atoms with Crippen LogP contribution in [0.3, 0.4) is 0 Å². The number of pyridine rings is 1. The van der Waals surface area contributed by atoms with E-state index in [0.29, 0.717) is 19.4 Å². The minimum absolute atomic E-state index is 0.0494. The third-order valence-electron chi connectivity index (χ3n) is 5.89. The Hall–Kier alpha value is -3.38. The maximum Gasteiger partial charge on any atom is 0.410 e. The Kier molecular flexibility index (Phi) is 8.29. The largest absolute Gasteiger partial charge is 0.446 e. The smallest absolute Gasteiger partial charge is 0.410 e. The van der Waals surface area contributed by atoms with Gasteiger partial charge in [-0.1, -0.05) is 60.7 Å². The summed E-state index contributed by atoms with van der Waals surface area (Å²) in [4.78, 5) is 26.0. The zero-order chi connectivity index (χ0) is 24.7. The van der Waals surface area contributed by atoms with Gasteiger partial charge in [0.1, 0.15) is 6.10 Å². The van der Waals surface area contributed by atoms with Crippen molar-refractivity contribution in [2.45, 2.75) is 51.4 Å². The molecule has 180 valence electrons. The van der Waals surface area contributed by atoms with Gasteiger partial charge in [0.2, 0.25) is 0 Å². The fraction of sp³-hybridized carbons (Fsp3) is 0.357. The lowest BCUT2D eigenvalue weighted by atomic mass is 9.97. The van der Waals surface area contributed by atoms with Crippen molar-refractivity contribution in [3.63, 3.8) is 0 Å². The molecule has 0 bridgehead atoms. The van der Waals surface area contributed by atoms with Crippen molar-refractivity contribution in [1.29, 1.82) is 0 Å². The normalized spacial score (nSPS) is 16.8. The molecule has 0 aliphatic carbocycles. The topological polar surface area (TPSA) is 71.8 Å². The summed E-state index contributed by atoms with van der Waals surface area (Å²) in [5, 5.41) is 9.94. The van der Waals surface area contributed by atoms with E-state index in [1.54, 1.807) is 38.1 Å². The summed E-state index contributed by atoms with van der Waals surface area (Å²) < 4.78 is 7.06. The van der Waals surface area contributed by atoms with E-state index >= 15 is 0 Å². The lowest BCUT2D eigenvalue weighted by molar-refractivity contribution is -0.0309. The van der Waals surface area contributed by atoms with E-state index in [1.807, 2.05) is 73.7 Å². The number of aliphatic hydroxyl groups is 1. The molecule has 34 heavy (non-hydrogen) atoms. The highest BCUT2D eigenvalue weighted by molar-refractivity contribution is 5.69. The molecule has 2 unspecified atom stereocenters. The van der Waals surface area contributed by atoms with Crippen molar-refractivity contribution < 1.29 is 14.6 Å². The van der Waals surface area contributed by atoms with E-state index in [9.17, 15) is 14.7 Å². The zero-order valence-electron chi connectivity index (χ0n) is 20.3. The van der Waals surface area contributed by atoms with E-state index in [1.165, 1.54) is 4.57 Å². The van der Waals surface area contributed by atoms with E-state index in [-0.39, 0.29) is 23.8 Å². The van der Waals surface area contributed by atoms with Crippen LogP contribution in [-0.2, 0) is 11.8 Å². The number of ether oxygens (including phenoxy) is 1. The molecule has 4 rings (SSSR count). The molecule has 0 spiro atoms. The van der Waals surface area contributed by atoms with Gasteiger partial charge in [-0.15, -0.1) is 0 Å². The van der Waals surface area contributed by atoms with Gasteiger partial charge < -0.3 is 19.3 Å². The number of benzene rings is 2. The van der Waals surface area contributed by atoms with Crippen LogP contribution in [0.5, 0.6) is 0 Å². The molecule has 1 fully saturated rings. The number of nitrogens with zero attached hydrogens (tertiary/aromatic N) is 2. The summed E-state index contributed by atoms with van der Waals surface area (Å²) in [6, 6.07) is 23.3. The van der Waals surface area contributed by atoms with Crippen LogP contribution in [0.25, 0.3) is 11.1 Å². The van der Waals surface area contributed by atoms with E-state index in [2.05, 4.69) is 0 Å². The van der Waals surface area contributed by atoms with Crippen LogP contribution in [-0.4, -0.2) is 38.9 Å². The molecule has 0 radical (unpaired) electrons. The second-order valence-corrected chi connectivity index (χ2v) is 9.32. The van der Waals surface area contributed by atoms with Crippen LogP contribution in [0.4, 0.5) is 4.79 Å². The summed E-state index contributed by atoms with van der Waals surface area (Å²) in [7, 11) is 1.72. The average Bonchev–Trinajstić information content (AvgIpc) is 2.81. The molecular formula is C28H34N2O4. The molecule has 2 atom stereocenters. The Bertz CT molecular complexity index is 1090. The SMILES string of the molecule is CC(c1ccc(-c2ccn(C)c(=O)c2)cc1)N1CCC(CC(C)(C)O)OC1=O.c1ccccc1. The van der Waals surface area contributed by atoms with E-state index in [0.717, 1.165) is 16.7 Å². The van der Waals surface area contributed by atoms with Crippen molar-refractivity contribution in [2.75, 3.05) is 6.54 Å². The minimum Gasteiger partial charge on any atom is -0.446 e. The van der Waals surface area contributed by atoms with Crippen LogP contribution in [0.2, 0.25) is 0 Å². The molecule has 2 aromatic carbocycles. The predicted molar refractivity (Wildman–Crippen MR) is 134 cm³/mol. The highest BCUT2D eigenvalue weighted by atomic mass is 16.6. The van der Waals surface area contributed by atoms with E-state index in [4.69, 9.17) is 4.74 Å². The van der Waals surface area contributed by atoms with Gasteiger partial charge in [0.15, 0.2) is 0 Å². The molecule has 1 aliphatic heterocycles. The summed E-state index contributed by atoms with van der Waals surface area (Å²) in [5.41, 5.74) is 1.93. The van der Waals surface area contributed by atoms with Crippen molar-refractivity contribution in [3.05, 3.63) is 94.9 Å². The van der Waals surface area contributed by atoms with Crippen LogP contribution in [0.15, 0.2) is 83.8 Å². The number of aryl methyl sites for hydroxylation is 1. The van der Waals surface area contributed by atoms with Gasteiger partial charge in [-0.05, 0) is 43.5 Å². The quantitative estimate of drug-likeness (QED) is 0.568. The fourth-order valence-corrected chi connectivity index (χ4v) is 3.94. The number of cyclic esters (lactones) is 1. The molecule has 0 saturated carbocycles. The third kappa shape index (κ3) is 7.06. The molecule has 3 aromatic rings. The van der Waals surface area contributed by atoms with Crippen LogP contribution < -0.4 is 5.56 Å². The maximum atomic E-state index is 12.4. The number of hydrogen-bond donors (Lipinski definition) is 1. The number of amides is 1. The molecule has 1 aromatic heterocycles. The van der Waals surface area contributed by atoms with Gasteiger partial charge in [-0.3, -0.25) is 4.79 Å². The van der Waals surface area contributed by atoms with Crippen molar-refractivity contribution >= 4 is 6.09 Å². The summed E-state index contributed by atoms with van der Waals surface area (Å²) in [6.07, 6.45) is 2.29. The second kappa shape index (κ2) is 11.2. The first-order valence-corrected chi connectivity index (χ1v) is 11.6. The number of hydrogen-bond acceptors (Lipinski definition) is 4. The van der Waals surface area contributed by atoms with Gasteiger partial charge >= 0.3 is 6.09 Å². The van der Waals surface area contributed by atoms with E-state index < -0.39 is 5.60 Å². The average molecular weight is 463 g/mol. The second-order valence-electron chi connectivity index (χ2n) is 9.32. The zero-order valence-corrected chi connectivity index (χ0v) is 20.3. The number of rotatable bonds is 5. The lowest BCUT2D eigenvalue weighted by Gasteiger charge is -2.37. The summed E-state index contributed by atoms with van der Waals surface area (Å²) in [5.74, 6) is 0. The Balaban J connectivity index is 0.000000469. The molecule has 6 heteroatoms. The number of aromatic nitrogens is 1. The molecule has 1 N–H and O–H groups in total. The van der Waals surface area contributed by atoms with Crippen molar-refractivity contribution in [3.8, 4) is 11.1 Å². The highest BCUT2D eigenvalue weighted by Crippen LogP contribution is 2.29. The summed E-state index contributed by atoms with van der Waals surface area (Å²) in [6.45, 7) is 6.02. The first kappa shape index (κ1) is 25.2. The van der Waals surface area contributed by atoms with Gasteiger partial charge in [-0.25, -0.2) is 4.79 Å². The first-order chi connectivity index (χ1) is 16.1. The number of carbonyl (C=O) groups excluding carboxylic acids is 1. The lowest BCUT2D eigenvalue weighted by Crippen LogP contribution is -2.45. The number of carbonyl (C=O) groups is 1.